The summed E-state index contributed by atoms with van der Waals surface area (Å²) in [4.78, 5) is 14.5. The van der Waals surface area contributed by atoms with E-state index in [1.807, 2.05) is 20.8 Å². The van der Waals surface area contributed by atoms with Crippen molar-refractivity contribution in [2.45, 2.75) is 38.1 Å². The predicted octanol–water partition coefficient (Wildman–Crippen LogP) is 2.54. The number of sulfonamides is 1. The van der Waals surface area contributed by atoms with Crippen molar-refractivity contribution < 1.29 is 17.9 Å². The van der Waals surface area contributed by atoms with Gasteiger partial charge >= 0.3 is 5.97 Å². The first-order chi connectivity index (χ1) is 11.2. The molecule has 0 radical (unpaired) electrons. The fourth-order valence-corrected chi connectivity index (χ4v) is 3.03. The number of aryl methyl sites for hydroxylation is 1. The highest BCUT2D eigenvalue weighted by molar-refractivity contribution is 7.89. The first kappa shape index (κ1) is 20.0. The van der Waals surface area contributed by atoms with E-state index in [1.54, 1.807) is 12.1 Å². The van der Waals surface area contributed by atoms with E-state index in [-0.39, 0.29) is 30.4 Å². The van der Waals surface area contributed by atoms with Crippen molar-refractivity contribution in [3.63, 3.8) is 0 Å². The summed E-state index contributed by atoms with van der Waals surface area (Å²) in [6.07, 6.45) is -0.211. The molecular weight excluding hydrogens is 332 g/mol. The fraction of sp³-hybridized carbons (Fsp3) is 0.533. The third kappa shape index (κ3) is 6.99. The molecular formula is C15H22N4O4S. The van der Waals surface area contributed by atoms with Crippen LogP contribution in [0.1, 0.15) is 25.8 Å². The van der Waals surface area contributed by atoms with E-state index in [0.717, 1.165) is 5.56 Å². The zero-order chi connectivity index (χ0) is 18.2. The van der Waals surface area contributed by atoms with Gasteiger partial charge < -0.3 is 4.74 Å². The van der Waals surface area contributed by atoms with Crippen molar-refractivity contribution in [3.8, 4) is 0 Å². The van der Waals surface area contributed by atoms with Crippen molar-refractivity contribution in [2.75, 3.05) is 13.2 Å². The van der Waals surface area contributed by atoms with Crippen LogP contribution in [0.25, 0.3) is 10.4 Å². The summed E-state index contributed by atoms with van der Waals surface area (Å²) in [5.74, 6) is -0.373. The molecule has 0 bridgehead atoms. The molecule has 1 rings (SSSR count). The standard InChI is InChI=1S/C15H22N4O4S/c1-11(2)10-23-15(20)8-13(9-17-19-16)18-24(21,22)14-6-4-12(3)5-7-14/h4-7,11,13,18H,8-10H2,1-3H3/t13-/m1/s1. The number of carbonyl (C=O) groups is 1. The van der Waals surface area contributed by atoms with Crippen LogP contribution in [0.3, 0.4) is 0 Å². The van der Waals surface area contributed by atoms with Crippen LogP contribution >= 0.6 is 0 Å². The van der Waals surface area contributed by atoms with E-state index in [9.17, 15) is 13.2 Å². The Kier molecular flexibility index (Phi) is 7.70. The highest BCUT2D eigenvalue weighted by atomic mass is 32.2. The second kappa shape index (κ2) is 9.27. The Morgan fingerprint density at radius 1 is 1.33 bits per heavy atom. The minimum atomic E-state index is -3.82. The van der Waals surface area contributed by atoms with Gasteiger partial charge in [0, 0.05) is 17.5 Å². The molecule has 0 heterocycles. The smallest absolute Gasteiger partial charge is 0.307 e. The first-order valence-corrected chi connectivity index (χ1v) is 8.98. The van der Waals surface area contributed by atoms with Gasteiger partial charge in [0.1, 0.15) is 0 Å². The van der Waals surface area contributed by atoms with Crippen LogP contribution in [0.2, 0.25) is 0 Å². The van der Waals surface area contributed by atoms with Crippen molar-refractivity contribution in [1.29, 1.82) is 0 Å². The summed E-state index contributed by atoms with van der Waals surface area (Å²) in [7, 11) is -3.82. The lowest BCUT2D eigenvalue weighted by Crippen LogP contribution is -2.39. The molecule has 0 saturated carbocycles. The molecule has 0 saturated heterocycles. The average molecular weight is 354 g/mol. The predicted molar refractivity (Wildman–Crippen MR) is 89.7 cm³/mol. The van der Waals surface area contributed by atoms with Gasteiger partial charge in [0.15, 0.2) is 0 Å². The molecule has 0 fully saturated rings. The molecule has 0 aliphatic carbocycles. The van der Waals surface area contributed by atoms with E-state index < -0.39 is 22.0 Å². The summed E-state index contributed by atoms with van der Waals surface area (Å²) in [6, 6.07) is 5.42. The Balaban J connectivity index is 2.82. The van der Waals surface area contributed by atoms with E-state index in [2.05, 4.69) is 14.7 Å². The van der Waals surface area contributed by atoms with Crippen LogP contribution in [0.5, 0.6) is 0 Å². The number of rotatable bonds is 9. The molecule has 1 N–H and O–H groups in total. The Morgan fingerprint density at radius 2 is 1.96 bits per heavy atom. The highest BCUT2D eigenvalue weighted by Gasteiger charge is 2.22. The molecule has 0 aromatic heterocycles. The largest absolute Gasteiger partial charge is 0.465 e. The van der Waals surface area contributed by atoms with Gasteiger partial charge in [-0.2, -0.15) is 0 Å². The van der Waals surface area contributed by atoms with Crippen LogP contribution in [-0.4, -0.2) is 33.6 Å². The van der Waals surface area contributed by atoms with Crippen molar-refractivity contribution in [2.24, 2.45) is 11.0 Å². The van der Waals surface area contributed by atoms with Gasteiger partial charge in [0.2, 0.25) is 10.0 Å². The third-order valence-electron chi connectivity index (χ3n) is 3.01. The van der Waals surface area contributed by atoms with Gasteiger partial charge in [-0.15, -0.1) is 0 Å². The summed E-state index contributed by atoms with van der Waals surface area (Å²) in [5, 5.41) is 3.36. The zero-order valence-corrected chi connectivity index (χ0v) is 14.8. The van der Waals surface area contributed by atoms with Crippen molar-refractivity contribution in [3.05, 3.63) is 40.3 Å². The molecule has 1 aromatic carbocycles. The van der Waals surface area contributed by atoms with Crippen LogP contribution in [0, 0.1) is 12.8 Å². The fourth-order valence-electron chi connectivity index (χ4n) is 1.80. The lowest BCUT2D eigenvalue weighted by Gasteiger charge is -2.17. The van der Waals surface area contributed by atoms with E-state index in [0.29, 0.717) is 0 Å². The lowest BCUT2D eigenvalue weighted by atomic mass is 10.2. The molecule has 0 aliphatic heterocycles. The number of nitrogens with one attached hydrogen (secondary N) is 1. The van der Waals surface area contributed by atoms with E-state index in [4.69, 9.17) is 10.3 Å². The van der Waals surface area contributed by atoms with Gasteiger partial charge in [-0.3, -0.25) is 4.79 Å². The minimum Gasteiger partial charge on any atom is -0.465 e. The highest BCUT2D eigenvalue weighted by Crippen LogP contribution is 2.12. The number of carbonyl (C=O) groups excluding carboxylic acids is 1. The van der Waals surface area contributed by atoms with Gasteiger partial charge in [0.05, 0.1) is 17.9 Å². The summed E-state index contributed by atoms with van der Waals surface area (Å²) in [5.41, 5.74) is 9.36. The van der Waals surface area contributed by atoms with Crippen molar-refractivity contribution in [1.82, 2.24) is 4.72 Å². The number of hydrogen-bond acceptors (Lipinski definition) is 5. The van der Waals surface area contributed by atoms with Crippen molar-refractivity contribution >= 4 is 16.0 Å². The number of esters is 1. The summed E-state index contributed by atoms with van der Waals surface area (Å²) >= 11 is 0. The molecule has 0 unspecified atom stereocenters. The van der Waals surface area contributed by atoms with Crippen LogP contribution in [-0.2, 0) is 19.6 Å². The molecule has 1 atom stereocenters. The molecule has 0 spiro atoms. The molecule has 132 valence electrons. The second-order valence-corrected chi connectivity index (χ2v) is 7.54. The second-order valence-electron chi connectivity index (χ2n) is 5.83. The van der Waals surface area contributed by atoms with Crippen LogP contribution in [0.15, 0.2) is 34.3 Å². The molecule has 9 heteroatoms. The maximum atomic E-state index is 12.4. The van der Waals surface area contributed by atoms with E-state index in [1.165, 1.54) is 12.1 Å². The number of ether oxygens (including phenoxy) is 1. The number of azide groups is 1. The van der Waals surface area contributed by atoms with Crippen LogP contribution < -0.4 is 4.72 Å². The SMILES string of the molecule is Cc1ccc(S(=O)(=O)N[C@@H](CN=[N+]=[N-])CC(=O)OCC(C)C)cc1. The van der Waals surface area contributed by atoms with Gasteiger partial charge in [-0.05, 0) is 30.5 Å². The number of hydrogen-bond donors (Lipinski definition) is 1. The van der Waals surface area contributed by atoms with Gasteiger partial charge in [-0.25, -0.2) is 13.1 Å². The summed E-state index contributed by atoms with van der Waals surface area (Å²) < 4.78 is 32.2. The first-order valence-electron chi connectivity index (χ1n) is 7.50. The Hall–Kier alpha value is -2.09. The van der Waals surface area contributed by atoms with E-state index >= 15 is 0 Å². The third-order valence-corrected chi connectivity index (χ3v) is 4.55. The van der Waals surface area contributed by atoms with Gasteiger partial charge in [-0.1, -0.05) is 36.7 Å². The monoisotopic (exact) mass is 354 g/mol. The molecule has 1 aromatic rings. The normalized spacial score (nSPS) is 12.5. The average Bonchev–Trinajstić information content (AvgIpc) is 2.50. The summed E-state index contributed by atoms with van der Waals surface area (Å²) in [6.45, 7) is 5.70. The molecule has 8 nitrogen and oxygen atoms in total. The zero-order valence-electron chi connectivity index (χ0n) is 14.0. The number of nitrogens with zero attached hydrogens (tertiary/aromatic N) is 3. The quantitative estimate of drug-likeness (QED) is 0.317. The topological polar surface area (TPSA) is 121 Å². The number of benzene rings is 1. The molecule has 0 amide bonds. The lowest BCUT2D eigenvalue weighted by molar-refractivity contribution is -0.145. The van der Waals surface area contributed by atoms with Gasteiger partial charge in [0.25, 0.3) is 0 Å². The maximum Gasteiger partial charge on any atom is 0.307 e. The Labute approximate surface area is 141 Å². The Bertz CT molecular complexity index is 695. The van der Waals surface area contributed by atoms with Crippen LogP contribution in [0.4, 0.5) is 0 Å². The molecule has 24 heavy (non-hydrogen) atoms. The molecule has 0 aliphatic rings. The Morgan fingerprint density at radius 3 is 2.50 bits per heavy atom. The minimum absolute atomic E-state index is 0.0783. The maximum absolute atomic E-state index is 12.4.